The molecule has 1 amide bonds. The summed E-state index contributed by atoms with van der Waals surface area (Å²) in [6.45, 7) is 0. The lowest BCUT2D eigenvalue weighted by Crippen LogP contribution is -2.44. The molecule has 140 valence electrons. The first-order valence-corrected chi connectivity index (χ1v) is 8.95. The molecule has 3 rings (SSSR count). The lowest BCUT2D eigenvalue weighted by Gasteiger charge is -2.30. The molecule has 27 heavy (non-hydrogen) atoms. The van der Waals surface area contributed by atoms with Gasteiger partial charge in [0.05, 0.1) is 13.2 Å². The van der Waals surface area contributed by atoms with Crippen LogP contribution in [0.25, 0.3) is 0 Å². The Morgan fingerprint density at radius 2 is 1.56 bits per heavy atom. The second-order valence-electron chi connectivity index (χ2n) is 6.60. The number of hydrogen-bond acceptors (Lipinski definition) is 4. The fourth-order valence-electron chi connectivity index (χ4n) is 3.41. The number of allylic oxidation sites excluding steroid dienone is 2. The van der Waals surface area contributed by atoms with Crippen molar-refractivity contribution in [2.75, 3.05) is 7.11 Å². The first-order valence-electron chi connectivity index (χ1n) is 8.95. The molecular formula is C22H22NO4-. The van der Waals surface area contributed by atoms with Crippen LogP contribution < -0.4 is 15.2 Å². The summed E-state index contributed by atoms with van der Waals surface area (Å²) in [6.07, 6.45) is 4.37. The maximum atomic E-state index is 12.9. The summed E-state index contributed by atoms with van der Waals surface area (Å²) in [7, 11) is 1.60. The quantitative estimate of drug-likeness (QED) is 0.798. The summed E-state index contributed by atoms with van der Waals surface area (Å²) in [6, 6.07) is 16.7. The average molecular weight is 364 g/mol. The number of hydrogen-bond donors (Lipinski definition) is 1. The number of methoxy groups -OCH3 is 1. The molecule has 1 N–H and O–H groups in total. The van der Waals surface area contributed by atoms with Crippen LogP contribution in [-0.4, -0.2) is 19.0 Å². The summed E-state index contributed by atoms with van der Waals surface area (Å²) < 4.78 is 5.20. The molecule has 5 heteroatoms. The normalized spacial score (nSPS) is 19.9. The van der Waals surface area contributed by atoms with Crippen molar-refractivity contribution in [3.8, 4) is 5.75 Å². The summed E-state index contributed by atoms with van der Waals surface area (Å²) in [4.78, 5) is 24.4. The molecule has 3 atom stereocenters. The number of nitrogens with one attached hydrogen (secondary N) is 1. The maximum absolute atomic E-state index is 12.9. The number of ether oxygens (including phenoxy) is 1. The number of benzene rings is 2. The second-order valence-corrected chi connectivity index (χ2v) is 6.60. The topological polar surface area (TPSA) is 78.5 Å². The van der Waals surface area contributed by atoms with Gasteiger partial charge in [-0.25, -0.2) is 0 Å². The number of carbonyl (C=O) groups excluding carboxylic acids is 2. The van der Waals surface area contributed by atoms with Crippen LogP contribution in [-0.2, 0) is 9.59 Å². The monoisotopic (exact) mass is 364 g/mol. The molecule has 0 saturated carbocycles. The van der Waals surface area contributed by atoms with Gasteiger partial charge in [0.1, 0.15) is 5.75 Å². The van der Waals surface area contributed by atoms with Gasteiger partial charge in [0, 0.05) is 17.8 Å². The van der Waals surface area contributed by atoms with Crippen molar-refractivity contribution in [1.82, 2.24) is 5.32 Å². The van der Waals surface area contributed by atoms with Gasteiger partial charge in [0.25, 0.3) is 0 Å². The highest BCUT2D eigenvalue weighted by atomic mass is 16.5. The molecule has 1 aliphatic rings. The maximum Gasteiger partial charge on any atom is 0.224 e. The van der Waals surface area contributed by atoms with Crippen LogP contribution in [0.5, 0.6) is 5.75 Å². The van der Waals surface area contributed by atoms with Crippen LogP contribution >= 0.6 is 0 Å². The lowest BCUT2D eigenvalue weighted by molar-refractivity contribution is -0.313. The predicted molar refractivity (Wildman–Crippen MR) is 99.8 cm³/mol. The van der Waals surface area contributed by atoms with Crippen molar-refractivity contribution in [2.24, 2.45) is 11.8 Å². The highest BCUT2D eigenvalue weighted by Crippen LogP contribution is 2.29. The van der Waals surface area contributed by atoms with E-state index in [0.29, 0.717) is 12.8 Å². The van der Waals surface area contributed by atoms with Crippen LogP contribution in [0.1, 0.15) is 30.0 Å². The molecule has 0 spiro atoms. The standard InChI is InChI=1S/C22H23NO4/c1-27-17-13-11-16(12-14-17)20(15-7-3-2-4-8-15)23-21(24)18-9-5-6-10-19(18)22(25)26/h2-8,11-14,18-20H,9-10H2,1H3,(H,23,24)(H,25,26)/p-1/t18-,19-,20-/m0/s1. The van der Waals surface area contributed by atoms with E-state index in [0.717, 1.165) is 16.9 Å². The molecule has 2 aromatic rings. The first kappa shape index (κ1) is 18.7. The lowest BCUT2D eigenvalue weighted by atomic mass is 9.82. The molecule has 0 aliphatic heterocycles. The van der Waals surface area contributed by atoms with Crippen LogP contribution in [0, 0.1) is 11.8 Å². The van der Waals surface area contributed by atoms with E-state index in [1.807, 2.05) is 60.7 Å². The van der Waals surface area contributed by atoms with Crippen LogP contribution in [0.15, 0.2) is 66.7 Å². The summed E-state index contributed by atoms with van der Waals surface area (Å²) >= 11 is 0. The van der Waals surface area contributed by atoms with Gasteiger partial charge < -0.3 is 20.0 Å². The number of amides is 1. The van der Waals surface area contributed by atoms with Crippen LogP contribution in [0.4, 0.5) is 0 Å². The van der Waals surface area contributed by atoms with Crippen molar-refractivity contribution in [3.63, 3.8) is 0 Å². The van der Waals surface area contributed by atoms with Gasteiger partial charge in [-0.15, -0.1) is 0 Å². The Kier molecular flexibility index (Phi) is 5.91. The van der Waals surface area contributed by atoms with E-state index in [4.69, 9.17) is 4.74 Å². The molecule has 0 aromatic heterocycles. The minimum absolute atomic E-state index is 0.279. The van der Waals surface area contributed by atoms with Crippen molar-refractivity contribution >= 4 is 11.9 Å². The van der Waals surface area contributed by atoms with E-state index in [9.17, 15) is 14.7 Å². The van der Waals surface area contributed by atoms with Gasteiger partial charge in [-0.05, 0) is 36.1 Å². The van der Waals surface area contributed by atoms with Gasteiger partial charge >= 0.3 is 0 Å². The third-order valence-electron chi connectivity index (χ3n) is 4.94. The Morgan fingerprint density at radius 1 is 0.963 bits per heavy atom. The Labute approximate surface area is 158 Å². The number of carboxylic acid groups (broad SMARTS) is 1. The molecular weight excluding hydrogens is 342 g/mol. The number of carbonyl (C=O) groups is 2. The molecule has 0 saturated heterocycles. The van der Waals surface area contributed by atoms with E-state index in [1.54, 1.807) is 13.2 Å². The SMILES string of the molecule is COc1ccc([C@@H](NC(=O)[C@H]2CC=CC[C@@H]2C(=O)[O-])c2ccccc2)cc1. The van der Waals surface area contributed by atoms with E-state index >= 15 is 0 Å². The molecule has 0 radical (unpaired) electrons. The van der Waals surface area contributed by atoms with E-state index < -0.39 is 17.8 Å². The number of carboxylic acids is 1. The van der Waals surface area contributed by atoms with Crippen molar-refractivity contribution in [2.45, 2.75) is 18.9 Å². The fraction of sp³-hybridized carbons (Fsp3) is 0.273. The van der Waals surface area contributed by atoms with Crippen molar-refractivity contribution < 1.29 is 19.4 Å². The third kappa shape index (κ3) is 4.37. The van der Waals surface area contributed by atoms with Gasteiger partial charge in [-0.2, -0.15) is 0 Å². The zero-order chi connectivity index (χ0) is 19.2. The van der Waals surface area contributed by atoms with Crippen molar-refractivity contribution in [3.05, 3.63) is 77.9 Å². The Hall–Kier alpha value is -3.08. The Bertz CT molecular complexity index is 814. The van der Waals surface area contributed by atoms with Gasteiger partial charge in [-0.3, -0.25) is 4.79 Å². The smallest absolute Gasteiger partial charge is 0.224 e. The predicted octanol–water partition coefficient (Wildman–Crippen LogP) is 2.23. The minimum Gasteiger partial charge on any atom is -0.550 e. The van der Waals surface area contributed by atoms with Gasteiger partial charge in [0.15, 0.2) is 0 Å². The summed E-state index contributed by atoms with van der Waals surface area (Å²) in [5, 5.41) is 14.5. The molecule has 2 aromatic carbocycles. The number of aliphatic carboxylic acids is 1. The highest BCUT2D eigenvalue weighted by Gasteiger charge is 2.31. The average Bonchev–Trinajstić information content (AvgIpc) is 2.72. The van der Waals surface area contributed by atoms with E-state index in [1.165, 1.54) is 0 Å². The van der Waals surface area contributed by atoms with Gasteiger partial charge in [-0.1, -0.05) is 54.6 Å². The highest BCUT2D eigenvalue weighted by molar-refractivity contribution is 5.85. The summed E-state index contributed by atoms with van der Waals surface area (Å²) in [5.74, 6) is -2.17. The molecule has 0 fully saturated rings. The third-order valence-corrected chi connectivity index (χ3v) is 4.94. The fourth-order valence-corrected chi connectivity index (χ4v) is 3.41. The van der Waals surface area contributed by atoms with Gasteiger partial charge in [0.2, 0.25) is 5.91 Å². The zero-order valence-corrected chi connectivity index (χ0v) is 15.1. The molecule has 0 bridgehead atoms. The summed E-state index contributed by atoms with van der Waals surface area (Å²) in [5.41, 5.74) is 1.82. The van der Waals surface area contributed by atoms with Crippen LogP contribution in [0.3, 0.4) is 0 Å². The largest absolute Gasteiger partial charge is 0.550 e. The van der Waals surface area contributed by atoms with Crippen molar-refractivity contribution in [1.29, 1.82) is 0 Å². The molecule has 0 heterocycles. The Morgan fingerprint density at radius 3 is 2.15 bits per heavy atom. The number of rotatable bonds is 6. The molecule has 0 unspecified atom stereocenters. The first-order chi connectivity index (χ1) is 13.1. The van der Waals surface area contributed by atoms with Crippen LogP contribution in [0.2, 0.25) is 0 Å². The molecule has 1 aliphatic carbocycles. The molecule has 5 nitrogen and oxygen atoms in total. The minimum atomic E-state index is -1.18. The van der Waals surface area contributed by atoms with E-state index in [2.05, 4.69) is 5.32 Å². The van der Waals surface area contributed by atoms with E-state index in [-0.39, 0.29) is 11.9 Å². The zero-order valence-electron chi connectivity index (χ0n) is 15.1. The second kappa shape index (κ2) is 8.54. The Balaban J connectivity index is 1.88.